The Hall–Kier alpha value is -3.38. The minimum Gasteiger partial charge on any atom is -0.325 e. The molecule has 0 bridgehead atoms. The third kappa shape index (κ3) is 5.92. The van der Waals surface area contributed by atoms with Crippen LogP contribution in [0.3, 0.4) is 0 Å². The summed E-state index contributed by atoms with van der Waals surface area (Å²) in [5, 5.41) is 2.29. The second kappa shape index (κ2) is 11.4. The zero-order valence-electron chi connectivity index (χ0n) is 23.2. The van der Waals surface area contributed by atoms with Crippen molar-refractivity contribution in [3.05, 3.63) is 93.8 Å². The SMILES string of the molecule is [C-]#[N+]c1cccc(-c2ccc3c(c2)CCN(CC(=O)Nc2ccc(Cl)c(C(F)(F)F)c2)C32CCN(CC3CC3)CC2)c1. The fraction of sp³-hybridized carbons (Fsp3) is 0.394. The van der Waals surface area contributed by atoms with E-state index in [1.165, 1.54) is 36.1 Å². The van der Waals surface area contributed by atoms with Crippen molar-refractivity contribution in [2.45, 2.75) is 43.8 Å². The lowest BCUT2D eigenvalue weighted by Gasteiger charge is -2.52. The van der Waals surface area contributed by atoms with Crippen LogP contribution in [-0.2, 0) is 22.9 Å². The maximum atomic E-state index is 13.4. The minimum absolute atomic E-state index is 0.0775. The Kier molecular flexibility index (Phi) is 7.77. The van der Waals surface area contributed by atoms with Crippen molar-refractivity contribution in [1.29, 1.82) is 0 Å². The van der Waals surface area contributed by atoms with Gasteiger partial charge in [0.15, 0.2) is 5.69 Å². The molecule has 1 saturated carbocycles. The van der Waals surface area contributed by atoms with E-state index < -0.39 is 16.8 Å². The summed E-state index contributed by atoms with van der Waals surface area (Å²) in [5.74, 6) is 0.454. The number of nitrogens with one attached hydrogen (secondary N) is 1. The summed E-state index contributed by atoms with van der Waals surface area (Å²) in [6.07, 6.45) is 0.510. The molecule has 6 rings (SSSR count). The number of amides is 1. The number of hydrogen-bond acceptors (Lipinski definition) is 3. The zero-order valence-corrected chi connectivity index (χ0v) is 23.9. The number of rotatable bonds is 6. The van der Waals surface area contributed by atoms with Gasteiger partial charge in [-0.2, -0.15) is 13.2 Å². The molecule has 3 aromatic carbocycles. The maximum absolute atomic E-state index is 13.4. The summed E-state index contributed by atoms with van der Waals surface area (Å²) in [6.45, 7) is 11.1. The van der Waals surface area contributed by atoms with Gasteiger partial charge in [-0.05, 0) is 84.5 Å². The Morgan fingerprint density at radius 1 is 1.02 bits per heavy atom. The quantitative estimate of drug-likeness (QED) is 0.297. The van der Waals surface area contributed by atoms with Crippen LogP contribution in [0.1, 0.15) is 42.4 Å². The molecule has 1 N–H and O–H groups in total. The Bertz CT molecular complexity index is 1540. The third-order valence-corrected chi connectivity index (χ3v) is 9.29. The van der Waals surface area contributed by atoms with Gasteiger partial charge in [-0.1, -0.05) is 48.0 Å². The third-order valence-electron chi connectivity index (χ3n) is 8.96. The van der Waals surface area contributed by atoms with Crippen LogP contribution in [0.15, 0.2) is 60.7 Å². The summed E-state index contributed by atoms with van der Waals surface area (Å²) in [5.41, 5.74) is 3.92. The van der Waals surface area contributed by atoms with E-state index in [-0.39, 0.29) is 23.7 Å². The first kappa shape index (κ1) is 28.7. The Morgan fingerprint density at radius 2 is 1.79 bits per heavy atom. The van der Waals surface area contributed by atoms with E-state index in [2.05, 4.69) is 38.2 Å². The summed E-state index contributed by atoms with van der Waals surface area (Å²) < 4.78 is 40.2. The van der Waals surface area contributed by atoms with Gasteiger partial charge in [0, 0.05) is 37.4 Å². The molecule has 0 radical (unpaired) electrons. The molecule has 1 spiro atoms. The number of benzene rings is 3. The molecule has 2 heterocycles. The number of likely N-dealkylation sites (tertiary alicyclic amines) is 1. The number of carbonyl (C=O) groups is 1. The van der Waals surface area contributed by atoms with Crippen LogP contribution in [0.2, 0.25) is 5.02 Å². The van der Waals surface area contributed by atoms with E-state index in [4.69, 9.17) is 18.2 Å². The maximum Gasteiger partial charge on any atom is 0.417 e. The van der Waals surface area contributed by atoms with Crippen LogP contribution >= 0.6 is 11.6 Å². The molecule has 218 valence electrons. The van der Waals surface area contributed by atoms with Crippen molar-refractivity contribution in [2.75, 3.05) is 38.0 Å². The van der Waals surface area contributed by atoms with Crippen molar-refractivity contribution in [1.82, 2.24) is 9.80 Å². The highest BCUT2D eigenvalue weighted by Crippen LogP contribution is 2.45. The molecule has 1 saturated heterocycles. The number of piperidine rings is 1. The average molecular weight is 593 g/mol. The number of carbonyl (C=O) groups excluding carboxylic acids is 1. The van der Waals surface area contributed by atoms with Crippen molar-refractivity contribution in [3.8, 4) is 11.1 Å². The number of alkyl halides is 3. The molecule has 0 unspecified atom stereocenters. The van der Waals surface area contributed by atoms with Gasteiger partial charge in [-0.3, -0.25) is 9.69 Å². The van der Waals surface area contributed by atoms with E-state index >= 15 is 0 Å². The van der Waals surface area contributed by atoms with Crippen molar-refractivity contribution in [2.24, 2.45) is 5.92 Å². The predicted octanol–water partition coefficient (Wildman–Crippen LogP) is 7.77. The van der Waals surface area contributed by atoms with Crippen molar-refractivity contribution >= 4 is 28.9 Å². The molecule has 2 fully saturated rings. The smallest absolute Gasteiger partial charge is 0.325 e. The molecule has 3 aromatic rings. The second-order valence-corrected chi connectivity index (χ2v) is 12.1. The van der Waals surface area contributed by atoms with Crippen LogP contribution in [-0.4, -0.2) is 48.4 Å². The summed E-state index contributed by atoms with van der Waals surface area (Å²) in [4.78, 5) is 21.6. The molecular formula is C33H32ClF3N4O. The number of halogens is 4. The van der Waals surface area contributed by atoms with Crippen molar-refractivity contribution in [3.63, 3.8) is 0 Å². The van der Waals surface area contributed by atoms with Gasteiger partial charge in [-0.15, -0.1) is 0 Å². The van der Waals surface area contributed by atoms with Gasteiger partial charge in [0.25, 0.3) is 0 Å². The molecule has 42 heavy (non-hydrogen) atoms. The largest absolute Gasteiger partial charge is 0.417 e. The monoisotopic (exact) mass is 592 g/mol. The highest BCUT2D eigenvalue weighted by Gasteiger charge is 2.46. The van der Waals surface area contributed by atoms with Crippen LogP contribution < -0.4 is 5.32 Å². The molecule has 0 atom stereocenters. The summed E-state index contributed by atoms with van der Waals surface area (Å²) in [6, 6.07) is 17.6. The number of nitrogens with zero attached hydrogens (tertiary/aromatic N) is 3. The van der Waals surface area contributed by atoms with Crippen molar-refractivity contribution < 1.29 is 18.0 Å². The number of anilines is 1. The lowest BCUT2D eigenvalue weighted by Crippen LogP contribution is -2.58. The first-order chi connectivity index (χ1) is 20.1. The fourth-order valence-electron chi connectivity index (χ4n) is 6.61. The minimum atomic E-state index is -4.61. The number of hydrogen-bond donors (Lipinski definition) is 1. The van der Waals surface area contributed by atoms with Gasteiger partial charge in [-0.25, -0.2) is 4.85 Å². The average Bonchev–Trinajstić information content (AvgIpc) is 3.80. The molecule has 0 aromatic heterocycles. The van der Waals surface area contributed by atoms with E-state index in [0.29, 0.717) is 12.2 Å². The topological polar surface area (TPSA) is 39.9 Å². The van der Waals surface area contributed by atoms with E-state index in [9.17, 15) is 18.0 Å². The second-order valence-electron chi connectivity index (χ2n) is 11.7. The molecule has 2 aliphatic heterocycles. The lowest BCUT2D eigenvalue weighted by molar-refractivity contribution is -0.137. The fourth-order valence-corrected chi connectivity index (χ4v) is 6.83. The van der Waals surface area contributed by atoms with E-state index in [1.54, 1.807) is 6.07 Å². The molecule has 3 aliphatic rings. The molecule has 1 amide bonds. The van der Waals surface area contributed by atoms with Crippen LogP contribution in [0.4, 0.5) is 24.5 Å². The van der Waals surface area contributed by atoms with Crippen LogP contribution in [0.5, 0.6) is 0 Å². The highest BCUT2D eigenvalue weighted by molar-refractivity contribution is 6.31. The van der Waals surface area contributed by atoms with Gasteiger partial charge < -0.3 is 10.2 Å². The molecule has 1 aliphatic carbocycles. The predicted molar refractivity (Wildman–Crippen MR) is 159 cm³/mol. The Morgan fingerprint density at radius 3 is 2.50 bits per heavy atom. The first-order valence-electron chi connectivity index (χ1n) is 14.4. The normalized spacial score (nSPS) is 18.8. The van der Waals surface area contributed by atoms with Crippen LogP contribution in [0, 0.1) is 12.5 Å². The lowest BCUT2D eigenvalue weighted by atomic mass is 9.73. The Balaban J connectivity index is 1.26. The van der Waals surface area contributed by atoms with E-state index in [1.807, 2.05) is 18.2 Å². The zero-order chi connectivity index (χ0) is 29.5. The number of fused-ring (bicyclic) bond motifs is 2. The summed E-state index contributed by atoms with van der Waals surface area (Å²) >= 11 is 5.77. The van der Waals surface area contributed by atoms with Gasteiger partial charge >= 0.3 is 6.18 Å². The Labute approximate surface area is 249 Å². The van der Waals surface area contributed by atoms with Gasteiger partial charge in [0.05, 0.1) is 23.7 Å². The van der Waals surface area contributed by atoms with Crippen LogP contribution in [0.25, 0.3) is 16.0 Å². The standard InChI is InChI=1S/C33H32ClF3N4O/c1-38-26-4-2-3-23(18-26)24-7-9-28-25(17-24)11-14-41(32(28)12-15-40(16-13-32)20-22-5-6-22)21-31(42)39-27-8-10-30(34)29(19-27)33(35,36)37/h2-4,7-10,17-19,22H,5-6,11-16,20-21H2,(H,39,42). The van der Waals surface area contributed by atoms with Gasteiger partial charge in [0.1, 0.15) is 0 Å². The summed E-state index contributed by atoms with van der Waals surface area (Å²) in [7, 11) is 0. The highest BCUT2D eigenvalue weighted by atomic mass is 35.5. The molecule has 5 nitrogen and oxygen atoms in total. The molecular weight excluding hydrogens is 561 g/mol. The first-order valence-corrected chi connectivity index (χ1v) is 14.8. The van der Waals surface area contributed by atoms with Gasteiger partial charge in [0.2, 0.25) is 5.91 Å². The molecule has 9 heteroatoms. The van der Waals surface area contributed by atoms with E-state index in [0.717, 1.165) is 62.0 Å².